The van der Waals surface area contributed by atoms with Crippen molar-refractivity contribution in [3.8, 4) is 0 Å². The lowest BCUT2D eigenvalue weighted by atomic mass is 9.99. The molecule has 0 amide bonds. The maximum absolute atomic E-state index is 5.75. The molecule has 0 saturated carbocycles. The van der Waals surface area contributed by atoms with Crippen molar-refractivity contribution in [1.29, 1.82) is 0 Å². The van der Waals surface area contributed by atoms with E-state index in [-0.39, 0.29) is 24.5 Å². The van der Waals surface area contributed by atoms with Gasteiger partial charge < -0.3 is 20.9 Å². The first-order chi connectivity index (χ1) is 5.15. The molecule has 1 saturated heterocycles. The molecule has 0 radical (unpaired) electrons. The monoisotopic (exact) mass is 160 g/mol. The predicted octanol–water partition coefficient (Wildman–Crippen LogP) is -0.578. The van der Waals surface area contributed by atoms with Gasteiger partial charge in [0, 0.05) is 25.6 Å². The number of nitrogens with two attached hydrogens (primary N) is 2. The molecule has 66 valence electrons. The first-order valence-corrected chi connectivity index (χ1v) is 3.84. The summed E-state index contributed by atoms with van der Waals surface area (Å²) in [7, 11) is 1.61. The Morgan fingerprint density at radius 2 is 2.09 bits per heavy atom. The highest BCUT2D eigenvalue weighted by Gasteiger charge is 2.31. The molecular weight excluding hydrogens is 144 g/mol. The smallest absolute Gasteiger partial charge is 0.159 e. The van der Waals surface area contributed by atoms with Gasteiger partial charge in [-0.25, -0.2) is 0 Å². The van der Waals surface area contributed by atoms with Crippen molar-refractivity contribution in [1.82, 2.24) is 0 Å². The fourth-order valence-electron chi connectivity index (χ4n) is 1.26. The number of hydrogen-bond acceptors (Lipinski definition) is 4. The minimum Gasteiger partial charge on any atom is -0.356 e. The maximum Gasteiger partial charge on any atom is 0.159 e. The molecule has 0 aliphatic carbocycles. The lowest BCUT2D eigenvalue weighted by Gasteiger charge is -2.36. The highest BCUT2D eigenvalue weighted by Crippen LogP contribution is 2.17. The van der Waals surface area contributed by atoms with Crippen molar-refractivity contribution in [2.75, 3.05) is 7.11 Å². The third kappa shape index (κ3) is 1.90. The Balaban J connectivity index is 2.47. The molecule has 1 aliphatic heterocycles. The maximum atomic E-state index is 5.75. The Labute approximate surface area is 66.8 Å². The van der Waals surface area contributed by atoms with Crippen LogP contribution >= 0.6 is 0 Å². The molecule has 11 heavy (non-hydrogen) atoms. The fourth-order valence-corrected chi connectivity index (χ4v) is 1.26. The summed E-state index contributed by atoms with van der Waals surface area (Å²) in [6.45, 7) is 1.91. The summed E-state index contributed by atoms with van der Waals surface area (Å²) in [4.78, 5) is 0. The van der Waals surface area contributed by atoms with Crippen LogP contribution in [0.4, 0.5) is 0 Å². The lowest BCUT2D eigenvalue weighted by Crippen LogP contribution is -2.56. The quantitative estimate of drug-likeness (QED) is 0.538. The van der Waals surface area contributed by atoms with E-state index in [1.165, 1.54) is 0 Å². The van der Waals surface area contributed by atoms with E-state index in [0.29, 0.717) is 6.42 Å². The molecule has 0 bridgehead atoms. The minimum absolute atomic E-state index is 0.0105. The van der Waals surface area contributed by atoms with Crippen LogP contribution in [-0.2, 0) is 9.47 Å². The Morgan fingerprint density at radius 1 is 1.45 bits per heavy atom. The van der Waals surface area contributed by atoms with E-state index in [2.05, 4.69) is 0 Å². The Hall–Kier alpha value is -0.160. The van der Waals surface area contributed by atoms with Gasteiger partial charge in [0.25, 0.3) is 0 Å². The summed E-state index contributed by atoms with van der Waals surface area (Å²) in [6, 6.07) is -0.0786. The second kappa shape index (κ2) is 3.49. The second-order valence-electron chi connectivity index (χ2n) is 2.98. The molecule has 0 aromatic heterocycles. The van der Waals surface area contributed by atoms with Crippen LogP contribution < -0.4 is 11.5 Å². The van der Waals surface area contributed by atoms with Crippen LogP contribution in [-0.4, -0.2) is 31.6 Å². The fraction of sp³-hybridized carbons (Fsp3) is 1.00. The largest absolute Gasteiger partial charge is 0.356 e. The van der Waals surface area contributed by atoms with Crippen LogP contribution in [0, 0.1) is 0 Å². The Kier molecular flexibility index (Phi) is 2.84. The van der Waals surface area contributed by atoms with Gasteiger partial charge in [-0.3, -0.25) is 0 Å². The third-order valence-electron chi connectivity index (χ3n) is 2.13. The van der Waals surface area contributed by atoms with Gasteiger partial charge in [0.2, 0.25) is 0 Å². The first kappa shape index (κ1) is 8.93. The van der Waals surface area contributed by atoms with Gasteiger partial charge in [0.1, 0.15) is 0 Å². The van der Waals surface area contributed by atoms with Crippen molar-refractivity contribution in [3.63, 3.8) is 0 Å². The van der Waals surface area contributed by atoms with Crippen molar-refractivity contribution in [3.05, 3.63) is 0 Å². The van der Waals surface area contributed by atoms with E-state index in [1.807, 2.05) is 6.92 Å². The highest BCUT2D eigenvalue weighted by atomic mass is 16.7. The molecule has 0 aromatic carbocycles. The summed E-state index contributed by atoms with van der Waals surface area (Å²) in [6.07, 6.45) is 0.491. The molecule has 1 rings (SSSR count). The van der Waals surface area contributed by atoms with Crippen LogP contribution in [0.25, 0.3) is 0 Å². The number of methoxy groups -OCH3 is 1. The number of rotatable bonds is 1. The van der Waals surface area contributed by atoms with Crippen molar-refractivity contribution in [2.45, 2.75) is 37.8 Å². The van der Waals surface area contributed by atoms with Gasteiger partial charge in [0.05, 0.1) is 6.10 Å². The predicted molar refractivity (Wildman–Crippen MR) is 41.9 cm³/mol. The zero-order chi connectivity index (χ0) is 8.43. The molecule has 1 fully saturated rings. The van der Waals surface area contributed by atoms with Crippen molar-refractivity contribution in [2.24, 2.45) is 11.5 Å². The summed E-state index contributed by atoms with van der Waals surface area (Å²) >= 11 is 0. The van der Waals surface area contributed by atoms with Crippen LogP contribution in [0.5, 0.6) is 0 Å². The van der Waals surface area contributed by atoms with Crippen LogP contribution in [0.3, 0.4) is 0 Å². The van der Waals surface area contributed by atoms with E-state index in [9.17, 15) is 0 Å². The molecular formula is C7H16N2O2. The molecule has 0 spiro atoms. The van der Waals surface area contributed by atoms with Gasteiger partial charge in [0.15, 0.2) is 6.29 Å². The third-order valence-corrected chi connectivity index (χ3v) is 2.13. The van der Waals surface area contributed by atoms with Crippen LogP contribution in [0.2, 0.25) is 0 Å². The molecule has 4 nitrogen and oxygen atoms in total. The highest BCUT2D eigenvalue weighted by molar-refractivity contribution is 4.86. The molecule has 1 unspecified atom stereocenters. The number of hydrogen-bond donors (Lipinski definition) is 2. The number of ether oxygens (including phenoxy) is 2. The Bertz CT molecular complexity index is 120. The van der Waals surface area contributed by atoms with Gasteiger partial charge in [-0.05, 0) is 6.92 Å². The topological polar surface area (TPSA) is 70.5 Å². The van der Waals surface area contributed by atoms with Gasteiger partial charge in [-0.15, -0.1) is 0 Å². The van der Waals surface area contributed by atoms with E-state index in [1.54, 1.807) is 7.11 Å². The summed E-state index contributed by atoms with van der Waals surface area (Å²) in [5, 5.41) is 0. The van der Waals surface area contributed by atoms with Crippen molar-refractivity contribution >= 4 is 0 Å². The molecule has 0 aromatic rings. The van der Waals surface area contributed by atoms with E-state index >= 15 is 0 Å². The van der Waals surface area contributed by atoms with E-state index < -0.39 is 0 Å². The SMILES string of the molecule is CO[C@H]1C[C@H](N)[C@@H](N)C(C)O1. The summed E-state index contributed by atoms with van der Waals surface area (Å²) < 4.78 is 10.4. The zero-order valence-electron chi connectivity index (χ0n) is 6.99. The van der Waals surface area contributed by atoms with Gasteiger partial charge >= 0.3 is 0 Å². The van der Waals surface area contributed by atoms with Crippen LogP contribution in [0.15, 0.2) is 0 Å². The molecule has 4 heteroatoms. The molecule has 1 aliphatic rings. The lowest BCUT2D eigenvalue weighted by molar-refractivity contribution is -0.184. The molecule has 4 N–H and O–H groups in total. The van der Waals surface area contributed by atoms with Gasteiger partial charge in [-0.2, -0.15) is 0 Å². The van der Waals surface area contributed by atoms with E-state index in [4.69, 9.17) is 20.9 Å². The average Bonchev–Trinajstić information content (AvgIpc) is 1.99. The summed E-state index contributed by atoms with van der Waals surface area (Å²) in [5.74, 6) is 0. The van der Waals surface area contributed by atoms with Crippen LogP contribution in [0.1, 0.15) is 13.3 Å². The van der Waals surface area contributed by atoms with E-state index in [0.717, 1.165) is 0 Å². The standard InChI is InChI=1S/C7H16N2O2/c1-4-7(9)5(8)3-6(10-2)11-4/h4-7H,3,8-9H2,1-2H3/t4?,5-,6+,7-/m0/s1. The van der Waals surface area contributed by atoms with Crippen molar-refractivity contribution < 1.29 is 9.47 Å². The summed E-state index contributed by atoms with van der Waals surface area (Å²) in [5.41, 5.74) is 11.5. The first-order valence-electron chi connectivity index (χ1n) is 3.84. The average molecular weight is 160 g/mol. The van der Waals surface area contributed by atoms with Gasteiger partial charge in [-0.1, -0.05) is 0 Å². The second-order valence-corrected chi connectivity index (χ2v) is 2.98. The zero-order valence-corrected chi connectivity index (χ0v) is 6.99. The Morgan fingerprint density at radius 3 is 2.55 bits per heavy atom. The molecule has 4 atom stereocenters. The minimum atomic E-state index is -0.181. The molecule has 1 heterocycles. The normalized spacial score (nSPS) is 45.8.